The largest absolute Gasteiger partial charge is 0.385 e. The second-order valence-electron chi connectivity index (χ2n) is 4.98. The smallest absolute Gasteiger partial charge is 0.214 e. The van der Waals surface area contributed by atoms with E-state index in [9.17, 15) is 8.42 Å². The van der Waals surface area contributed by atoms with Gasteiger partial charge in [-0.15, -0.1) is 24.8 Å². The molecule has 1 aliphatic heterocycles. The Morgan fingerprint density at radius 1 is 1.29 bits per heavy atom. The minimum atomic E-state index is -3.20. The fourth-order valence-corrected chi connectivity index (χ4v) is 3.15. The highest BCUT2D eigenvalue weighted by Gasteiger charge is 2.19. The molecule has 21 heavy (non-hydrogen) atoms. The summed E-state index contributed by atoms with van der Waals surface area (Å²) < 4.78 is 31.4. The summed E-state index contributed by atoms with van der Waals surface area (Å²) in [6.45, 7) is 7.83. The Balaban J connectivity index is 0. The Hall–Kier alpha value is 0.370. The van der Waals surface area contributed by atoms with Crippen LogP contribution in [0.25, 0.3) is 0 Å². The van der Waals surface area contributed by atoms with E-state index >= 15 is 0 Å². The van der Waals surface area contributed by atoms with Crippen molar-refractivity contribution in [2.24, 2.45) is 0 Å². The van der Waals surface area contributed by atoms with Crippen molar-refractivity contribution < 1.29 is 13.2 Å². The Labute approximate surface area is 141 Å². The summed E-state index contributed by atoms with van der Waals surface area (Å²) in [6, 6.07) is 0. The molecule has 0 aliphatic carbocycles. The van der Waals surface area contributed by atoms with Crippen LogP contribution >= 0.6 is 24.8 Å². The van der Waals surface area contributed by atoms with Crippen molar-refractivity contribution in [1.82, 2.24) is 14.9 Å². The molecule has 9 heteroatoms. The molecule has 0 amide bonds. The van der Waals surface area contributed by atoms with Gasteiger partial charge in [-0.05, 0) is 26.3 Å². The molecule has 6 nitrogen and oxygen atoms in total. The molecule has 1 aliphatic rings. The highest BCUT2D eigenvalue weighted by atomic mass is 35.5. The first-order valence-electron chi connectivity index (χ1n) is 6.97. The summed E-state index contributed by atoms with van der Waals surface area (Å²) in [5, 5.41) is 2.90. The second-order valence-corrected chi connectivity index (χ2v) is 7.16. The van der Waals surface area contributed by atoms with E-state index < -0.39 is 15.3 Å². The van der Waals surface area contributed by atoms with Gasteiger partial charge in [0.05, 0.1) is 5.25 Å². The molecule has 0 saturated carbocycles. The maximum absolute atomic E-state index is 11.9. The lowest BCUT2D eigenvalue weighted by Crippen LogP contribution is -2.44. The lowest BCUT2D eigenvalue weighted by molar-refractivity contribution is 0.194. The van der Waals surface area contributed by atoms with Crippen LogP contribution in [0.5, 0.6) is 0 Å². The monoisotopic (exact) mass is 365 g/mol. The molecular formula is C12H29Cl2N3O3S. The van der Waals surface area contributed by atoms with E-state index in [0.29, 0.717) is 19.6 Å². The molecule has 1 rings (SSSR count). The minimum absolute atomic E-state index is 0. The number of piperazine rings is 1. The van der Waals surface area contributed by atoms with Gasteiger partial charge in [0, 0.05) is 46.4 Å². The predicted octanol–water partition coefficient (Wildman–Crippen LogP) is 0.470. The summed E-state index contributed by atoms with van der Waals surface area (Å²) in [5.41, 5.74) is 0. The number of hydrogen-bond acceptors (Lipinski definition) is 5. The topological polar surface area (TPSA) is 70.7 Å². The molecule has 0 aromatic heterocycles. The number of hydrogen-bond donors (Lipinski definition) is 2. The van der Waals surface area contributed by atoms with Gasteiger partial charge >= 0.3 is 0 Å². The van der Waals surface area contributed by atoms with Crippen LogP contribution < -0.4 is 10.0 Å². The highest BCUT2D eigenvalue weighted by molar-refractivity contribution is 7.90. The fourth-order valence-electron chi connectivity index (χ4n) is 2.03. The zero-order valence-corrected chi connectivity index (χ0v) is 15.3. The number of nitrogens with one attached hydrogen (secondary N) is 2. The third-order valence-electron chi connectivity index (χ3n) is 3.42. The number of nitrogens with zero attached hydrogens (tertiary/aromatic N) is 1. The van der Waals surface area contributed by atoms with Gasteiger partial charge in [0.15, 0.2) is 0 Å². The quantitative estimate of drug-likeness (QED) is 0.581. The van der Waals surface area contributed by atoms with E-state index in [2.05, 4.69) is 14.9 Å². The summed E-state index contributed by atoms with van der Waals surface area (Å²) in [5.74, 6) is 0. The van der Waals surface area contributed by atoms with Gasteiger partial charge in [0.1, 0.15) is 0 Å². The summed E-state index contributed by atoms with van der Waals surface area (Å²) >= 11 is 0. The fraction of sp³-hybridized carbons (Fsp3) is 1.00. The van der Waals surface area contributed by atoms with Crippen LogP contribution in [0, 0.1) is 0 Å². The van der Waals surface area contributed by atoms with Crippen LogP contribution in [0.3, 0.4) is 0 Å². The first-order chi connectivity index (χ1) is 9.06. The van der Waals surface area contributed by atoms with E-state index in [1.54, 1.807) is 14.0 Å². The minimum Gasteiger partial charge on any atom is -0.385 e. The summed E-state index contributed by atoms with van der Waals surface area (Å²) in [7, 11) is -1.61. The third kappa shape index (κ3) is 9.89. The Kier molecular flexibility index (Phi) is 14.5. The lowest BCUT2D eigenvalue weighted by atomic mass is 10.3. The molecule has 1 unspecified atom stereocenters. The Bertz CT molecular complexity index is 339. The van der Waals surface area contributed by atoms with E-state index in [1.165, 1.54) is 0 Å². The van der Waals surface area contributed by atoms with Crippen molar-refractivity contribution in [3.05, 3.63) is 0 Å². The zero-order valence-electron chi connectivity index (χ0n) is 12.8. The van der Waals surface area contributed by atoms with Crippen LogP contribution in [-0.2, 0) is 14.8 Å². The molecule has 2 N–H and O–H groups in total. The SMILES string of the molecule is COCCC(C)S(=O)(=O)NCCCN1CCNCC1.Cl.Cl. The second kappa shape index (κ2) is 12.9. The molecule has 0 bridgehead atoms. The number of rotatable bonds is 9. The maximum atomic E-state index is 11.9. The molecular weight excluding hydrogens is 337 g/mol. The van der Waals surface area contributed by atoms with Gasteiger partial charge in [0.2, 0.25) is 10.0 Å². The van der Waals surface area contributed by atoms with Crippen molar-refractivity contribution in [3.63, 3.8) is 0 Å². The van der Waals surface area contributed by atoms with E-state index in [1.807, 2.05) is 0 Å². The first kappa shape index (κ1) is 23.6. The van der Waals surface area contributed by atoms with Crippen LogP contribution in [0.15, 0.2) is 0 Å². The van der Waals surface area contributed by atoms with Crippen molar-refractivity contribution in [3.8, 4) is 0 Å². The van der Waals surface area contributed by atoms with Crippen LogP contribution in [-0.4, -0.2) is 71.6 Å². The average molecular weight is 366 g/mol. The number of methoxy groups -OCH3 is 1. The zero-order chi connectivity index (χ0) is 14.1. The van der Waals surface area contributed by atoms with Gasteiger partial charge in [-0.3, -0.25) is 0 Å². The molecule has 130 valence electrons. The van der Waals surface area contributed by atoms with Crippen LogP contribution in [0.2, 0.25) is 0 Å². The van der Waals surface area contributed by atoms with Gasteiger partial charge < -0.3 is 15.0 Å². The van der Waals surface area contributed by atoms with Crippen molar-refractivity contribution in [2.75, 3.05) is 53.0 Å². The van der Waals surface area contributed by atoms with Crippen LogP contribution in [0.4, 0.5) is 0 Å². The number of sulfonamides is 1. The Morgan fingerprint density at radius 3 is 2.48 bits per heavy atom. The molecule has 1 atom stereocenters. The van der Waals surface area contributed by atoms with Gasteiger partial charge in [-0.1, -0.05) is 0 Å². The van der Waals surface area contributed by atoms with E-state index in [-0.39, 0.29) is 24.8 Å². The van der Waals surface area contributed by atoms with E-state index in [4.69, 9.17) is 4.74 Å². The molecule has 1 heterocycles. The van der Waals surface area contributed by atoms with Gasteiger partial charge in [0.25, 0.3) is 0 Å². The normalized spacial score (nSPS) is 17.6. The summed E-state index contributed by atoms with van der Waals surface area (Å²) in [6.07, 6.45) is 1.39. The first-order valence-corrected chi connectivity index (χ1v) is 8.51. The number of halogens is 2. The average Bonchev–Trinajstić information content (AvgIpc) is 2.42. The third-order valence-corrected chi connectivity index (χ3v) is 5.32. The van der Waals surface area contributed by atoms with Crippen molar-refractivity contribution in [2.45, 2.75) is 25.0 Å². The van der Waals surface area contributed by atoms with Crippen LogP contribution in [0.1, 0.15) is 19.8 Å². The maximum Gasteiger partial charge on any atom is 0.214 e. The standard InChI is InChI=1S/C12H27N3O3S.2ClH/c1-12(4-11-18-2)19(16,17)14-5-3-8-15-9-6-13-7-10-15;;/h12-14H,3-11H2,1-2H3;2*1H. The molecule has 0 aromatic rings. The summed E-state index contributed by atoms with van der Waals surface area (Å²) in [4.78, 5) is 2.36. The van der Waals surface area contributed by atoms with Crippen molar-refractivity contribution >= 4 is 34.8 Å². The molecule has 1 saturated heterocycles. The Morgan fingerprint density at radius 2 is 1.90 bits per heavy atom. The molecule has 0 radical (unpaired) electrons. The molecule has 0 aromatic carbocycles. The molecule has 1 fully saturated rings. The lowest BCUT2D eigenvalue weighted by Gasteiger charge is -2.27. The van der Waals surface area contributed by atoms with Gasteiger partial charge in [-0.25, -0.2) is 13.1 Å². The predicted molar refractivity (Wildman–Crippen MR) is 91.3 cm³/mol. The van der Waals surface area contributed by atoms with E-state index in [0.717, 1.165) is 39.1 Å². The number of ether oxygens (including phenoxy) is 1. The van der Waals surface area contributed by atoms with Gasteiger partial charge in [-0.2, -0.15) is 0 Å². The molecule has 0 spiro atoms. The highest BCUT2D eigenvalue weighted by Crippen LogP contribution is 2.04. The van der Waals surface area contributed by atoms with Crippen molar-refractivity contribution in [1.29, 1.82) is 0 Å².